The highest BCUT2D eigenvalue weighted by molar-refractivity contribution is 6.48. The molecule has 0 aliphatic rings. The van der Waals surface area contributed by atoms with Gasteiger partial charge in [0, 0.05) is 18.5 Å². The normalized spacial score (nSPS) is 13.3. The minimum atomic E-state index is -5.14. The zero-order valence-electron chi connectivity index (χ0n) is 17.1. The molecule has 2 aromatic rings. The molecule has 0 saturated carbocycles. The molecule has 14 heteroatoms. The summed E-state index contributed by atoms with van der Waals surface area (Å²) in [7, 11) is 0. The average molecular weight is 563 g/mol. The number of hydrogen-bond acceptors (Lipinski definition) is 3. The number of nitrogens with one attached hydrogen (secondary N) is 2. The Balaban J connectivity index is 2.50. The number of amides is 1. The molecule has 1 unspecified atom stereocenters. The summed E-state index contributed by atoms with van der Waals surface area (Å²) in [6, 6.07) is 4.92. The zero-order chi connectivity index (χ0) is 26.6. The van der Waals surface area contributed by atoms with E-state index in [1.807, 2.05) is 5.43 Å². The summed E-state index contributed by atoms with van der Waals surface area (Å²) in [6.45, 7) is -0.0589. The summed E-state index contributed by atoms with van der Waals surface area (Å²) >= 11 is 17.2. The van der Waals surface area contributed by atoms with Crippen molar-refractivity contribution in [2.75, 3.05) is 6.54 Å². The molecule has 35 heavy (non-hydrogen) atoms. The predicted molar refractivity (Wildman–Crippen MR) is 116 cm³/mol. The van der Waals surface area contributed by atoms with Crippen LogP contribution in [-0.4, -0.2) is 18.6 Å². The Morgan fingerprint density at radius 3 is 2.17 bits per heavy atom. The Hall–Kier alpha value is -2.52. The van der Waals surface area contributed by atoms with E-state index in [4.69, 9.17) is 40.1 Å². The molecule has 1 atom stereocenters. The number of carbonyl (C=O) groups excluding carboxylic acids is 1. The van der Waals surface area contributed by atoms with E-state index in [-0.39, 0.29) is 40.2 Å². The summed E-state index contributed by atoms with van der Waals surface area (Å²) in [4.78, 5) is 12.1. The van der Waals surface area contributed by atoms with E-state index in [2.05, 4.69) is 5.43 Å². The van der Waals surface area contributed by atoms with Gasteiger partial charge in [0.1, 0.15) is 11.7 Å². The third-order valence-electron chi connectivity index (χ3n) is 4.44. The van der Waals surface area contributed by atoms with Crippen LogP contribution < -0.4 is 10.9 Å². The van der Waals surface area contributed by atoms with Crippen molar-refractivity contribution in [2.45, 2.75) is 24.7 Å². The van der Waals surface area contributed by atoms with Crippen LogP contribution in [0.4, 0.5) is 30.7 Å². The number of nitriles is 1. The standard InChI is InChI=1S/C21H13Cl3F7N3O/c22-15-7-11(8-16(23)18(15)24)13(20(26,27)28)9-17(25)10-2-3-12(14(6-10)21(29,30)31)19(35)34-33-5-1-4-32/h2-3,6-9,13,33H,1,5H2,(H,34,35). The van der Waals surface area contributed by atoms with Crippen LogP contribution in [0.15, 0.2) is 36.4 Å². The fourth-order valence-electron chi connectivity index (χ4n) is 2.83. The number of benzene rings is 2. The van der Waals surface area contributed by atoms with E-state index in [1.165, 1.54) is 0 Å². The third kappa shape index (κ3) is 7.48. The van der Waals surface area contributed by atoms with E-state index in [1.54, 1.807) is 6.07 Å². The Kier molecular flexibility index (Phi) is 9.42. The van der Waals surface area contributed by atoms with Gasteiger partial charge in [-0.25, -0.2) is 9.82 Å². The highest BCUT2D eigenvalue weighted by Crippen LogP contribution is 2.42. The third-order valence-corrected chi connectivity index (χ3v) is 5.64. The van der Waals surface area contributed by atoms with Gasteiger partial charge < -0.3 is 0 Å². The first-order valence-electron chi connectivity index (χ1n) is 9.37. The first-order chi connectivity index (χ1) is 16.2. The first kappa shape index (κ1) is 28.7. The number of rotatable bonds is 7. The molecule has 188 valence electrons. The Labute approximate surface area is 209 Å². The van der Waals surface area contributed by atoms with Crippen LogP contribution in [0.3, 0.4) is 0 Å². The molecule has 0 aliphatic heterocycles. The number of hydrazine groups is 1. The fourth-order valence-corrected chi connectivity index (χ4v) is 3.44. The van der Waals surface area contributed by atoms with Crippen molar-refractivity contribution in [3.63, 3.8) is 0 Å². The zero-order valence-corrected chi connectivity index (χ0v) is 19.4. The average Bonchev–Trinajstić information content (AvgIpc) is 2.76. The minimum absolute atomic E-state index is 0.0498. The van der Waals surface area contributed by atoms with Crippen molar-refractivity contribution in [3.05, 3.63) is 73.7 Å². The molecule has 0 bridgehead atoms. The molecule has 2 rings (SSSR count). The molecule has 2 aromatic carbocycles. The summed E-state index contributed by atoms with van der Waals surface area (Å²) in [5, 5.41) is 7.52. The lowest BCUT2D eigenvalue weighted by Crippen LogP contribution is -2.38. The van der Waals surface area contributed by atoms with Gasteiger partial charge in [0.05, 0.1) is 32.3 Å². The molecule has 4 nitrogen and oxygen atoms in total. The van der Waals surface area contributed by atoms with Gasteiger partial charge in [-0.1, -0.05) is 40.9 Å². The fraction of sp³-hybridized carbons (Fsp3) is 0.238. The monoisotopic (exact) mass is 561 g/mol. The van der Waals surface area contributed by atoms with Crippen LogP contribution in [0.25, 0.3) is 5.83 Å². The van der Waals surface area contributed by atoms with Crippen molar-refractivity contribution < 1.29 is 35.5 Å². The molecule has 0 spiro atoms. The van der Waals surface area contributed by atoms with Gasteiger partial charge >= 0.3 is 12.4 Å². The first-order valence-corrected chi connectivity index (χ1v) is 10.5. The lowest BCUT2D eigenvalue weighted by molar-refractivity contribution is -0.140. The topological polar surface area (TPSA) is 64.9 Å². The second-order valence-electron chi connectivity index (χ2n) is 6.88. The van der Waals surface area contributed by atoms with Crippen molar-refractivity contribution in [1.29, 1.82) is 5.26 Å². The summed E-state index contributed by atoms with van der Waals surface area (Å²) in [5.74, 6) is -5.51. The lowest BCUT2D eigenvalue weighted by Gasteiger charge is -2.19. The van der Waals surface area contributed by atoms with Gasteiger partial charge in [-0.05, 0) is 35.9 Å². The molecule has 0 heterocycles. The molecular weight excluding hydrogens is 550 g/mol. The Morgan fingerprint density at radius 2 is 1.66 bits per heavy atom. The molecule has 0 fully saturated rings. The molecule has 1 amide bonds. The SMILES string of the molecule is N#CCCNNC(=O)c1ccc(C(F)=CC(c2cc(Cl)c(Cl)c(Cl)c2)C(F)(F)F)cc1C(F)(F)F. The van der Waals surface area contributed by atoms with Crippen LogP contribution in [0.2, 0.25) is 15.1 Å². The molecule has 0 aromatic heterocycles. The number of hydrogen-bond donors (Lipinski definition) is 2. The van der Waals surface area contributed by atoms with Gasteiger partial charge in [0.15, 0.2) is 0 Å². The van der Waals surface area contributed by atoms with E-state index >= 15 is 0 Å². The van der Waals surface area contributed by atoms with Crippen LogP contribution in [0.5, 0.6) is 0 Å². The van der Waals surface area contributed by atoms with E-state index < -0.39 is 52.3 Å². The van der Waals surface area contributed by atoms with Gasteiger partial charge in [-0.15, -0.1) is 0 Å². The van der Waals surface area contributed by atoms with Gasteiger partial charge in [0.2, 0.25) is 0 Å². The summed E-state index contributed by atoms with van der Waals surface area (Å²) in [5.41, 5.74) is 0.246. The second kappa shape index (κ2) is 11.5. The van der Waals surface area contributed by atoms with Crippen LogP contribution in [0, 0.1) is 11.3 Å². The number of carbonyl (C=O) groups is 1. The molecule has 2 N–H and O–H groups in total. The molecule has 0 saturated heterocycles. The minimum Gasteiger partial charge on any atom is -0.287 e. The number of alkyl halides is 6. The van der Waals surface area contributed by atoms with Crippen LogP contribution in [0.1, 0.15) is 39.4 Å². The van der Waals surface area contributed by atoms with Gasteiger partial charge in [-0.3, -0.25) is 10.2 Å². The maximum atomic E-state index is 14.8. The van der Waals surface area contributed by atoms with Crippen LogP contribution >= 0.6 is 34.8 Å². The highest BCUT2D eigenvalue weighted by Gasteiger charge is 2.41. The van der Waals surface area contributed by atoms with Crippen molar-refractivity contribution in [2.24, 2.45) is 0 Å². The summed E-state index contributed by atoms with van der Waals surface area (Å²) in [6.07, 6.45) is -10.2. The van der Waals surface area contributed by atoms with Gasteiger partial charge in [0.25, 0.3) is 5.91 Å². The Bertz CT molecular complexity index is 1150. The quantitative estimate of drug-likeness (QED) is 0.159. The van der Waals surface area contributed by atoms with Crippen molar-refractivity contribution in [3.8, 4) is 6.07 Å². The number of halogens is 10. The van der Waals surface area contributed by atoms with Gasteiger partial charge in [-0.2, -0.15) is 31.6 Å². The van der Waals surface area contributed by atoms with Crippen LogP contribution in [-0.2, 0) is 6.18 Å². The molecule has 0 aliphatic carbocycles. The summed E-state index contributed by atoms with van der Waals surface area (Å²) < 4.78 is 96.4. The largest absolute Gasteiger partial charge is 0.417 e. The number of allylic oxidation sites excluding steroid dienone is 1. The van der Waals surface area contributed by atoms with E-state index in [0.29, 0.717) is 6.07 Å². The van der Waals surface area contributed by atoms with E-state index in [9.17, 15) is 35.5 Å². The lowest BCUT2D eigenvalue weighted by atomic mass is 9.95. The maximum Gasteiger partial charge on any atom is 0.417 e. The van der Waals surface area contributed by atoms with Crippen molar-refractivity contribution >= 4 is 46.5 Å². The molecular formula is C21H13Cl3F7N3O. The number of nitrogens with zero attached hydrogens (tertiary/aromatic N) is 1. The second-order valence-corrected chi connectivity index (χ2v) is 8.07. The van der Waals surface area contributed by atoms with Crippen molar-refractivity contribution in [1.82, 2.24) is 10.9 Å². The Morgan fingerprint density at radius 1 is 1.06 bits per heavy atom. The van der Waals surface area contributed by atoms with E-state index in [0.717, 1.165) is 18.2 Å². The predicted octanol–water partition coefficient (Wildman–Crippen LogP) is 7.47. The smallest absolute Gasteiger partial charge is 0.287 e. The maximum absolute atomic E-state index is 14.8. The molecule has 0 radical (unpaired) electrons. The highest BCUT2D eigenvalue weighted by atomic mass is 35.5.